The van der Waals surface area contributed by atoms with Gasteiger partial charge in [0, 0.05) is 52.9 Å². The maximum Gasteiger partial charge on any atom is 0.414 e. The van der Waals surface area contributed by atoms with Crippen LogP contribution in [-0.4, -0.2) is 69.7 Å². The summed E-state index contributed by atoms with van der Waals surface area (Å²) in [5, 5.41) is 41.8. The highest BCUT2D eigenvalue weighted by molar-refractivity contribution is 6.47. The van der Waals surface area contributed by atoms with E-state index in [0.29, 0.717) is 4.68 Å². The second-order valence-corrected chi connectivity index (χ2v) is 17.5. The molecule has 32 heteroatoms. The number of imide groups is 1. The smallest absolute Gasteiger partial charge is 0.414 e. The first-order chi connectivity index (χ1) is 44.4. The number of nitrogens with two attached hydrogens (primary N) is 1. The van der Waals surface area contributed by atoms with Crippen molar-refractivity contribution in [1.29, 1.82) is 10.5 Å². The minimum absolute atomic E-state index is 0.00534. The van der Waals surface area contributed by atoms with Crippen LogP contribution >= 0.6 is 69.6 Å². The van der Waals surface area contributed by atoms with Crippen molar-refractivity contribution in [3.63, 3.8) is 0 Å². The topological polar surface area (TPSA) is 386 Å². The van der Waals surface area contributed by atoms with Gasteiger partial charge in [-0.25, -0.2) is 24.9 Å². The summed E-state index contributed by atoms with van der Waals surface area (Å²) in [4.78, 5) is 84.0. The number of aromatic amines is 4. The Hall–Kier alpha value is -8.76. The molecule has 26 nitrogen and oxygen atoms in total. The molecule has 0 spiro atoms. The molecule has 0 saturated carbocycles. The number of amides is 2. The normalized spacial score (nSPS) is 15.0. The Morgan fingerprint density at radius 2 is 1.12 bits per heavy atom. The van der Waals surface area contributed by atoms with Crippen LogP contribution in [0.25, 0.3) is 5.69 Å². The van der Waals surface area contributed by atoms with E-state index in [-0.39, 0.29) is 68.6 Å². The number of carbonyl (C=O) groups excluding carboxylic acids is 2. The molecule has 81 heavy (non-hydrogen) atoms. The van der Waals surface area contributed by atoms with Crippen molar-refractivity contribution < 1.29 is 49.1 Å². The van der Waals surface area contributed by atoms with Crippen molar-refractivity contribution in [2.45, 2.75) is 66.0 Å². The summed E-state index contributed by atoms with van der Waals surface area (Å²) in [5.74, 6) is -6.93. The van der Waals surface area contributed by atoms with Gasteiger partial charge in [-0.05, 0) is 60.9 Å². The van der Waals surface area contributed by atoms with E-state index in [1.54, 1.807) is 5.32 Å². The fourth-order valence-corrected chi connectivity index (χ4v) is 7.20. The van der Waals surface area contributed by atoms with E-state index < -0.39 is 163 Å². The fourth-order valence-electron chi connectivity index (χ4n) is 5.68. The summed E-state index contributed by atoms with van der Waals surface area (Å²) in [6, 6.07) is 2.58. The number of nitrogens with zero attached hydrogens (tertiary/aromatic N) is 8. The fraction of sp³-hybridized carbons (Fsp3) is 0.224. The molecule has 422 valence electrons. The van der Waals surface area contributed by atoms with E-state index in [0.717, 1.165) is 18.2 Å². The van der Waals surface area contributed by atoms with Crippen LogP contribution in [0.2, 0.25) is 30.1 Å². The highest BCUT2D eigenvalue weighted by atomic mass is 35.5. The second-order valence-electron chi connectivity index (χ2n) is 15.2. The molecule has 4 aromatic heterocycles. The lowest BCUT2D eigenvalue weighted by Crippen LogP contribution is -2.36. The monoisotopic (exact) mass is 1240 g/mol. The van der Waals surface area contributed by atoms with Crippen LogP contribution in [0, 0.1) is 22.7 Å². The zero-order valence-corrected chi connectivity index (χ0v) is 45.6. The van der Waals surface area contributed by atoms with Crippen molar-refractivity contribution in [3.05, 3.63) is 159 Å². The van der Waals surface area contributed by atoms with Crippen LogP contribution in [0.5, 0.6) is 34.9 Å². The number of aromatic nitrogens is 9. The first-order valence-corrected chi connectivity index (χ1v) is 24.1. The Bertz CT molecular complexity index is 4590. The van der Waals surface area contributed by atoms with Crippen molar-refractivity contribution >= 4 is 98.7 Å². The predicted octanol–water partition coefficient (Wildman–Crippen LogP) is 9.23. The number of anilines is 2. The van der Waals surface area contributed by atoms with Crippen molar-refractivity contribution in [1.82, 2.24) is 50.7 Å². The van der Waals surface area contributed by atoms with Crippen molar-refractivity contribution in [2.24, 2.45) is 5.10 Å². The van der Waals surface area contributed by atoms with E-state index in [1.165, 1.54) is 39.8 Å². The number of ether oxygens (including phenoxy) is 4. The molecular weight excluding hydrogens is 1190 g/mol. The Kier molecular flexibility index (Phi) is 15.4. The molecule has 3 unspecified atom stereocenters. The number of alkyl carbamates (subject to hydrolysis) is 1. The zero-order chi connectivity index (χ0) is 72.7. The third-order valence-corrected chi connectivity index (χ3v) is 10.8. The standard InChI is InChI=1S/C19H18Cl2N6O5.C17H12Cl2N6O4.C13H13Cl2N3O2/c1-4-31-19(30)23-17(29)14(8-22)25-24-10-5-12(20)16(13(21)6-10)32-18-11(9(2)3)7-15(28)26-27-18;1-7(2)9-5-13(26)22-23-16(9)29-14-10(18)3-8(4-11(14)19)25-17(28)21-15(27)12(6-20)24-25;1-6(2)8-5-11(19)17-18-13(8)20-12-9(14)3-7(16)4-10(12)15/h5-7,9,24H,4H2,1-3H3,(H,26,28)(H,23,29,30);3-5,7H,1-2H3,(H,22,26)(H,21,27,28);3-6H,16H2,1-2H3,(H,17,19)/b25-14-;;/i2D3,5D,6D;2*1D3,3D,4D. The minimum Gasteiger partial charge on any atom is -0.450 e. The van der Waals surface area contributed by atoms with Gasteiger partial charge >= 0.3 is 11.8 Å². The second kappa shape index (κ2) is 28.4. The number of H-pyrrole nitrogens is 4. The predicted molar refractivity (Wildman–Crippen MR) is 301 cm³/mol. The zero-order valence-electron chi connectivity index (χ0n) is 56.1. The molecule has 8 N–H and O–H groups in total. The number of hydrogen-bond donors (Lipinski definition) is 7. The quantitative estimate of drug-likeness (QED) is 0.0303. The lowest BCUT2D eigenvalue weighted by atomic mass is 10.1. The summed E-state index contributed by atoms with van der Waals surface area (Å²) < 4.78 is 138. The molecule has 2 amide bonds. The van der Waals surface area contributed by atoms with Crippen LogP contribution in [0.4, 0.5) is 16.2 Å². The summed E-state index contributed by atoms with van der Waals surface area (Å²) in [7, 11) is 0. The lowest BCUT2D eigenvalue weighted by molar-refractivity contribution is -0.114. The largest absolute Gasteiger partial charge is 0.450 e. The van der Waals surface area contributed by atoms with Gasteiger partial charge in [0.05, 0.1) is 56.3 Å². The van der Waals surface area contributed by atoms with Crippen LogP contribution in [0.15, 0.2) is 83.5 Å². The van der Waals surface area contributed by atoms with Gasteiger partial charge in [-0.2, -0.15) is 20.3 Å². The van der Waals surface area contributed by atoms with Gasteiger partial charge < -0.3 is 24.7 Å². The molecule has 0 aliphatic rings. The maximum atomic E-state index is 12.2. The molecule has 7 rings (SSSR count). The average molecular weight is 1250 g/mol. The third-order valence-electron chi connectivity index (χ3n) is 9.25. The Morgan fingerprint density at radius 3 is 1.51 bits per heavy atom. The van der Waals surface area contributed by atoms with Gasteiger partial charge in [-0.3, -0.25) is 39.7 Å². The number of halogens is 6. The van der Waals surface area contributed by atoms with E-state index in [4.69, 9.17) is 121 Å². The minimum atomic E-state index is -2.53. The number of nitriles is 2. The van der Waals surface area contributed by atoms with Crippen LogP contribution in [0.1, 0.15) is 109 Å². The molecule has 0 aliphatic carbocycles. The summed E-state index contributed by atoms with van der Waals surface area (Å²) in [6.45, 7) is -1.97. The van der Waals surface area contributed by atoms with Gasteiger partial charge in [0.1, 0.15) is 12.1 Å². The van der Waals surface area contributed by atoms with Crippen LogP contribution < -0.4 is 58.6 Å². The van der Waals surface area contributed by atoms with Crippen LogP contribution in [0.3, 0.4) is 0 Å². The highest BCUT2D eigenvalue weighted by Crippen LogP contribution is 2.42. The summed E-state index contributed by atoms with van der Waals surface area (Å²) >= 11 is 36.9. The van der Waals surface area contributed by atoms with E-state index in [9.17, 15) is 33.6 Å². The number of carbonyl (C=O) groups is 2. The number of nitrogen functional groups attached to an aromatic ring is 1. The van der Waals surface area contributed by atoms with E-state index in [1.807, 2.05) is 4.98 Å². The number of nitrogens with one attached hydrogen (secondary N) is 6. The Balaban J connectivity index is 0.000000265. The molecule has 0 radical (unpaired) electrons. The maximum absolute atomic E-state index is 12.2. The van der Waals surface area contributed by atoms with Gasteiger partial charge in [-0.1, -0.05) is 111 Å². The summed E-state index contributed by atoms with van der Waals surface area (Å²) in [5.41, 5.74) is 0.465. The lowest BCUT2D eigenvalue weighted by Gasteiger charge is -2.14. The molecule has 3 atom stereocenters. The van der Waals surface area contributed by atoms with Crippen molar-refractivity contribution in [3.8, 4) is 52.7 Å². The number of benzene rings is 3. The van der Waals surface area contributed by atoms with Crippen molar-refractivity contribution in [2.75, 3.05) is 17.8 Å². The summed E-state index contributed by atoms with van der Waals surface area (Å²) in [6.07, 6.45) is -1.12. The van der Waals surface area contributed by atoms with Gasteiger partial charge in [0.15, 0.2) is 17.2 Å². The molecule has 3 aromatic carbocycles. The van der Waals surface area contributed by atoms with Gasteiger partial charge in [0.25, 0.3) is 28.1 Å². The van der Waals surface area contributed by atoms with Gasteiger partial charge in [0.2, 0.25) is 29.0 Å². The number of hydrazone groups is 1. The first-order valence-electron chi connectivity index (χ1n) is 29.3. The average Bonchev–Trinajstić information content (AvgIpc) is 0.771. The van der Waals surface area contributed by atoms with E-state index in [2.05, 4.69) is 51.0 Å². The van der Waals surface area contributed by atoms with Gasteiger partial charge in [-0.15, -0.1) is 20.4 Å². The molecule has 0 fully saturated rings. The highest BCUT2D eigenvalue weighted by Gasteiger charge is 2.22. The third kappa shape index (κ3) is 16.9. The molecule has 0 saturated heterocycles. The molecule has 7 aromatic rings. The number of rotatable bonds is 14. The molecular formula is C49H43Cl6N15O11. The first kappa shape index (κ1) is 44.0. The molecule has 4 heterocycles. The Labute approximate surface area is 507 Å². The Morgan fingerprint density at radius 1 is 0.716 bits per heavy atom. The van der Waals surface area contributed by atoms with Crippen LogP contribution in [-0.2, 0) is 9.53 Å². The number of hydrogen-bond acceptors (Lipinski definition) is 20. The SMILES string of the molecule is [2H]c1c(Cl)c(Oc2n[nH]c(=O)cc2C(C)C([2H])([2H])[2H])c(Cl)c([2H])c1-n1nc(C#N)c(=O)[nH]c1=O.[2H]c1c(Cl)c(Oc2n[nH]c(=O)cc2C(C)C([2H])([2H])[2H])c(Cl)c([2H])c1N/N=C(/C#N)C(=O)NC(=O)OCC.[2H]c1c(N)c([2H])c(Cl)c(Oc2n[nH]c(=O)cc2C(C)C([2H])([2H])[2H])c1Cl. The van der Waals surface area contributed by atoms with E-state index >= 15 is 0 Å². The molecule has 0 bridgehead atoms. The molecule has 0 aliphatic heterocycles.